The Hall–Kier alpha value is -1.34. The lowest BCUT2D eigenvalue weighted by Crippen LogP contribution is -2.37. The largest absolute Gasteiger partial charge is 0.324 e. The normalized spacial score (nSPS) is 23.5. The van der Waals surface area contributed by atoms with Crippen molar-refractivity contribution in [1.29, 1.82) is 0 Å². The predicted molar refractivity (Wildman–Crippen MR) is 83.6 cm³/mol. The van der Waals surface area contributed by atoms with Gasteiger partial charge in [0.15, 0.2) is 0 Å². The second kappa shape index (κ2) is 5.75. The molecule has 1 aliphatic carbocycles. The van der Waals surface area contributed by atoms with Gasteiger partial charge < -0.3 is 5.73 Å². The summed E-state index contributed by atoms with van der Waals surface area (Å²) < 4.78 is 0. The van der Waals surface area contributed by atoms with Gasteiger partial charge in [-0.15, -0.1) is 0 Å². The third kappa shape index (κ3) is 2.98. The van der Waals surface area contributed by atoms with Crippen LogP contribution in [0.1, 0.15) is 33.3 Å². The van der Waals surface area contributed by atoms with E-state index >= 15 is 0 Å². The van der Waals surface area contributed by atoms with Crippen molar-refractivity contribution in [3.63, 3.8) is 0 Å². The van der Waals surface area contributed by atoms with Crippen molar-refractivity contribution in [2.75, 3.05) is 0 Å². The van der Waals surface area contributed by atoms with E-state index in [0.717, 1.165) is 0 Å². The van der Waals surface area contributed by atoms with Gasteiger partial charge in [-0.1, -0.05) is 70.2 Å². The fourth-order valence-corrected chi connectivity index (χ4v) is 2.83. The Bertz CT molecular complexity index is 480. The minimum atomic E-state index is 0.160. The van der Waals surface area contributed by atoms with E-state index in [-0.39, 0.29) is 6.04 Å². The smallest absolute Gasteiger partial charge is 0.0326 e. The highest BCUT2D eigenvalue weighted by Crippen LogP contribution is 2.34. The van der Waals surface area contributed by atoms with Gasteiger partial charge in [0.2, 0.25) is 0 Å². The number of rotatable bonds is 3. The Morgan fingerprint density at radius 1 is 1.00 bits per heavy atom. The first-order valence-corrected chi connectivity index (χ1v) is 7.25. The Kier molecular flexibility index (Phi) is 4.26. The summed E-state index contributed by atoms with van der Waals surface area (Å²) in [6.07, 6.45) is 4.65. The van der Waals surface area contributed by atoms with Crippen LogP contribution in [0.4, 0.5) is 0 Å². The Morgan fingerprint density at radius 2 is 1.63 bits per heavy atom. The molecule has 0 aliphatic heterocycles. The average molecular weight is 255 g/mol. The highest BCUT2D eigenvalue weighted by atomic mass is 14.7. The molecule has 0 radical (unpaired) electrons. The summed E-state index contributed by atoms with van der Waals surface area (Å²) in [7, 11) is 0. The standard InChI is InChI=1S/C18H25N/c1-12(2)16-10-15(14-8-6-5-7-9-14)11-17(13(3)4)18(16)19/h5-13,16,18H,19H2,1-4H3. The molecule has 1 nitrogen and oxygen atoms in total. The molecule has 0 spiro atoms. The van der Waals surface area contributed by atoms with Crippen molar-refractivity contribution in [1.82, 2.24) is 0 Å². The van der Waals surface area contributed by atoms with E-state index in [2.05, 4.69) is 70.2 Å². The molecule has 2 N–H and O–H groups in total. The minimum absolute atomic E-state index is 0.160. The van der Waals surface area contributed by atoms with Crippen LogP contribution in [0.15, 0.2) is 48.1 Å². The lowest BCUT2D eigenvalue weighted by molar-refractivity contribution is 0.397. The quantitative estimate of drug-likeness (QED) is 0.857. The van der Waals surface area contributed by atoms with Crippen LogP contribution in [0.5, 0.6) is 0 Å². The maximum atomic E-state index is 6.45. The van der Waals surface area contributed by atoms with Crippen LogP contribution in [0, 0.1) is 17.8 Å². The van der Waals surface area contributed by atoms with E-state index < -0.39 is 0 Å². The molecule has 0 amide bonds. The van der Waals surface area contributed by atoms with E-state index in [4.69, 9.17) is 5.73 Å². The van der Waals surface area contributed by atoms with Crippen molar-refractivity contribution >= 4 is 5.57 Å². The monoisotopic (exact) mass is 255 g/mol. The second-order valence-corrected chi connectivity index (χ2v) is 6.13. The molecule has 0 bridgehead atoms. The van der Waals surface area contributed by atoms with Gasteiger partial charge in [-0.3, -0.25) is 0 Å². The highest BCUT2D eigenvalue weighted by Gasteiger charge is 2.28. The van der Waals surface area contributed by atoms with Crippen LogP contribution >= 0.6 is 0 Å². The molecule has 2 atom stereocenters. The average Bonchev–Trinajstić information content (AvgIpc) is 2.39. The molecule has 0 aromatic heterocycles. The highest BCUT2D eigenvalue weighted by molar-refractivity contribution is 5.76. The summed E-state index contributed by atoms with van der Waals surface area (Å²) in [5.41, 5.74) is 10.4. The summed E-state index contributed by atoms with van der Waals surface area (Å²) in [6, 6.07) is 10.8. The fraction of sp³-hybridized carbons (Fsp3) is 0.444. The summed E-state index contributed by atoms with van der Waals surface area (Å²) in [5, 5.41) is 0. The van der Waals surface area contributed by atoms with Crippen molar-refractivity contribution in [3.05, 3.63) is 53.6 Å². The van der Waals surface area contributed by atoms with Crippen LogP contribution in [0.25, 0.3) is 5.57 Å². The van der Waals surface area contributed by atoms with Gasteiger partial charge >= 0.3 is 0 Å². The maximum Gasteiger partial charge on any atom is 0.0326 e. The molecule has 2 unspecified atom stereocenters. The molecule has 19 heavy (non-hydrogen) atoms. The van der Waals surface area contributed by atoms with Crippen LogP contribution in [0.3, 0.4) is 0 Å². The van der Waals surface area contributed by atoms with E-state index in [1.807, 2.05) is 0 Å². The zero-order chi connectivity index (χ0) is 14.0. The topological polar surface area (TPSA) is 26.0 Å². The number of allylic oxidation sites excluding steroid dienone is 2. The zero-order valence-electron chi connectivity index (χ0n) is 12.4. The van der Waals surface area contributed by atoms with Gasteiger partial charge in [-0.25, -0.2) is 0 Å². The van der Waals surface area contributed by atoms with Crippen molar-refractivity contribution in [2.45, 2.75) is 33.7 Å². The van der Waals surface area contributed by atoms with Gasteiger partial charge in [-0.2, -0.15) is 0 Å². The molecule has 0 heterocycles. The minimum Gasteiger partial charge on any atom is -0.324 e. The Balaban J connectivity index is 2.44. The molecule has 102 valence electrons. The first-order chi connectivity index (χ1) is 9.00. The van der Waals surface area contributed by atoms with E-state index in [1.165, 1.54) is 16.7 Å². The second-order valence-electron chi connectivity index (χ2n) is 6.13. The lowest BCUT2D eigenvalue weighted by Gasteiger charge is -2.33. The summed E-state index contributed by atoms with van der Waals surface area (Å²) in [4.78, 5) is 0. The molecule has 0 fully saturated rings. The number of benzene rings is 1. The molecule has 2 rings (SSSR count). The van der Waals surface area contributed by atoms with Gasteiger partial charge in [-0.05, 0) is 34.5 Å². The summed E-state index contributed by atoms with van der Waals surface area (Å²) in [6.45, 7) is 8.98. The summed E-state index contributed by atoms with van der Waals surface area (Å²) in [5.74, 6) is 1.50. The van der Waals surface area contributed by atoms with Crippen LogP contribution in [-0.2, 0) is 0 Å². The van der Waals surface area contributed by atoms with Crippen molar-refractivity contribution in [3.8, 4) is 0 Å². The molecule has 0 saturated heterocycles. The van der Waals surface area contributed by atoms with Crippen molar-refractivity contribution < 1.29 is 0 Å². The fourth-order valence-electron chi connectivity index (χ4n) is 2.83. The third-order valence-electron chi connectivity index (χ3n) is 4.04. The van der Waals surface area contributed by atoms with Crippen LogP contribution in [-0.4, -0.2) is 6.04 Å². The van der Waals surface area contributed by atoms with Crippen LogP contribution < -0.4 is 5.73 Å². The number of nitrogens with two attached hydrogens (primary N) is 1. The molecule has 1 aliphatic rings. The number of hydrogen-bond acceptors (Lipinski definition) is 1. The Labute approximate surface area is 117 Å². The van der Waals surface area contributed by atoms with Crippen molar-refractivity contribution in [2.24, 2.45) is 23.5 Å². The molecule has 1 aromatic carbocycles. The van der Waals surface area contributed by atoms with Gasteiger partial charge in [0.25, 0.3) is 0 Å². The van der Waals surface area contributed by atoms with E-state index in [0.29, 0.717) is 17.8 Å². The zero-order valence-corrected chi connectivity index (χ0v) is 12.4. The van der Waals surface area contributed by atoms with Gasteiger partial charge in [0, 0.05) is 6.04 Å². The Morgan fingerprint density at radius 3 is 2.16 bits per heavy atom. The molecule has 1 aromatic rings. The first kappa shape index (κ1) is 14.1. The third-order valence-corrected chi connectivity index (χ3v) is 4.04. The molecular weight excluding hydrogens is 230 g/mol. The lowest BCUT2D eigenvalue weighted by atomic mass is 9.75. The summed E-state index contributed by atoms with van der Waals surface area (Å²) >= 11 is 0. The van der Waals surface area contributed by atoms with Gasteiger partial charge in [0.1, 0.15) is 0 Å². The molecule has 1 heteroatoms. The van der Waals surface area contributed by atoms with Crippen LogP contribution in [0.2, 0.25) is 0 Å². The van der Waals surface area contributed by atoms with E-state index in [9.17, 15) is 0 Å². The molecule has 0 saturated carbocycles. The maximum absolute atomic E-state index is 6.45. The predicted octanol–water partition coefficient (Wildman–Crippen LogP) is 4.27. The molecular formula is C18H25N. The SMILES string of the molecule is CC(C)C1=CC(c2ccccc2)=CC(C(C)C)C1N. The first-order valence-electron chi connectivity index (χ1n) is 7.25. The number of hydrogen-bond donors (Lipinski definition) is 1. The van der Waals surface area contributed by atoms with E-state index in [1.54, 1.807) is 0 Å². The van der Waals surface area contributed by atoms with Gasteiger partial charge in [0.05, 0.1) is 0 Å².